The average molecular weight is 472 g/mol. The molecule has 0 saturated heterocycles. The van der Waals surface area contributed by atoms with E-state index in [0.29, 0.717) is 18.7 Å². The van der Waals surface area contributed by atoms with Crippen LogP contribution in [0.1, 0.15) is 45.5 Å². The lowest BCUT2D eigenvalue weighted by molar-refractivity contribution is 0.102. The molecule has 0 spiro atoms. The summed E-state index contributed by atoms with van der Waals surface area (Å²) >= 11 is 0. The van der Waals surface area contributed by atoms with Gasteiger partial charge in [0.2, 0.25) is 0 Å². The zero-order valence-corrected chi connectivity index (χ0v) is 20.3. The average Bonchev–Trinajstić information content (AvgIpc) is 2.84. The number of guanidine groups is 2. The molecule has 35 heavy (non-hydrogen) atoms. The molecule has 0 radical (unpaired) electrons. The number of nitrogens with two attached hydrogens (primary N) is 2. The van der Waals surface area contributed by atoms with Crippen LogP contribution >= 0.6 is 0 Å². The first-order valence-corrected chi connectivity index (χ1v) is 11.8. The van der Waals surface area contributed by atoms with Gasteiger partial charge in [-0.05, 0) is 84.4 Å². The highest BCUT2D eigenvalue weighted by Gasteiger charge is 2.18. The van der Waals surface area contributed by atoms with E-state index >= 15 is 0 Å². The summed E-state index contributed by atoms with van der Waals surface area (Å²) in [5, 5.41) is 18.2. The van der Waals surface area contributed by atoms with Crippen molar-refractivity contribution >= 4 is 34.7 Å². The van der Waals surface area contributed by atoms with E-state index in [0.717, 1.165) is 53.9 Å². The lowest BCUT2D eigenvalue weighted by Gasteiger charge is -2.27. The first kappa shape index (κ1) is 24.1. The number of rotatable bonds is 4. The molecule has 1 amide bonds. The lowest BCUT2D eigenvalue weighted by Crippen LogP contribution is -2.39. The fourth-order valence-corrected chi connectivity index (χ4v) is 4.74. The molecule has 4 rings (SSSR count). The van der Waals surface area contributed by atoms with Gasteiger partial charge in [0.1, 0.15) is 0 Å². The molecular weight excluding hydrogens is 438 g/mol. The molecule has 8 heteroatoms. The molecule has 7 N–H and O–H groups in total. The Morgan fingerprint density at radius 1 is 0.829 bits per heavy atom. The number of benzene rings is 2. The maximum absolute atomic E-state index is 13.0. The summed E-state index contributed by atoms with van der Waals surface area (Å²) in [4.78, 5) is 16.6. The van der Waals surface area contributed by atoms with Crippen molar-refractivity contribution in [3.05, 3.63) is 76.4 Å². The van der Waals surface area contributed by atoms with Gasteiger partial charge >= 0.3 is 0 Å². The fraction of sp³-hybridized carbons (Fsp3) is 0.296. The highest BCUT2D eigenvalue weighted by Crippen LogP contribution is 2.28. The Balaban J connectivity index is 1.44. The number of hydrogen-bond acceptors (Lipinski definition) is 3. The maximum atomic E-state index is 13.0. The second-order valence-corrected chi connectivity index (χ2v) is 9.13. The molecule has 2 aromatic carbocycles. The molecule has 2 aromatic rings. The summed E-state index contributed by atoms with van der Waals surface area (Å²) in [6, 6.07) is 11.8. The third kappa shape index (κ3) is 5.37. The first-order chi connectivity index (χ1) is 16.7. The number of amides is 1. The quantitative estimate of drug-likeness (QED) is 0.343. The van der Waals surface area contributed by atoms with Gasteiger partial charge in [0.15, 0.2) is 11.9 Å². The molecule has 0 atom stereocenters. The topological polar surface area (TPSA) is 135 Å². The monoisotopic (exact) mass is 471 g/mol. The van der Waals surface area contributed by atoms with E-state index < -0.39 is 0 Å². The van der Waals surface area contributed by atoms with Crippen LogP contribution in [0.5, 0.6) is 0 Å². The maximum Gasteiger partial charge on any atom is 0.255 e. The van der Waals surface area contributed by atoms with E-state index in [1.807, 2.05) is 54.0 Å². The SMILES string of the molecule is Cc1cc(NC(=O)c2ccc(C3=CCN(C(=N)N)CC3)c(C)c2)ccc1C1=CCN(C(=N)N)CC1. The van der Waals surface area contributed by atoms with Gasteiger partial charge in [0.25, 0.3) is 5.91 Å². The van der Waals surface area contributed by atoms with Crippen LogP contribution in [0.15, 0.2) is 48.6 Å². The van der Waals surface area contributed by atoms with Gasteiger partial charge in [-0.2, -0.15) is 0 Å². The Kier molecular flexibility index (Phi) is 6.91. The Hall–Kier alpha value is -4.07. The standard InChI is InChI=1S/C27H33N7O/c1-17-15-21(3-5-23(17)19-7-11-33(12-8-19)26(28)29)25(35)32-22-4-6-24(18(2)16-22)20-9-13-34(14-10-20)27(30)31/h3-7,9,15-16H,8,10-14H2,1-2H3,(H3,28,29)(H3,30,31)(H,32,35). The number of hydrogen-bond donors (Lipinski definition) is 5. The molecule has 8 nitrogen and oxygen atoms in total. The molecule has 0 aliphatic carbocycles. The van der Waals surface area contributed by atoms with Crippen LogP contribution in [0.25, 0.3) is 11.1 Å². The van der Waals surface area contributed by atoms with Gasteiger partial charge in [-0.25, -0.2) is 0 Å². The Morgan fingerprint density at radius 2 is 1.34 bits per heavy atom. The molecule has 0 saturated carbocycles. The Morgan fingerprint density at radius 3 is 1.77 bits per heavy atom. The summed E-state index contributed by atoms with van der Waals surface area (Å²) in [7, 11) is 0. The van der Waals surface area contributed by atoms with Crippen molar-refractivity contribution in [3.63, 3.8) is 0 Å². The smallest absolute Gasteiger partial charge is 0.255 e. The predicted molar refractivity (Wildman–Crippen MR) is 142 cm³/mol. The molecule has 2 aliphatic rings. The highest BCUT2D eigenvalue weighted by atomic mass is 16.1. The number of carbonyl (C=O) groups is 1. The summed E-state index contributed by atoms with van der Waals surface area (Å²) < 4.78 is 0. The van der Waals surface area contributed by atoms with Crippen molar-refractivity contribution < 1.29 is 4.79 Å². The lowest BCUT2D eigenvalue weighted by atomic mass is 9.94. The van der Waals surface area contributed by atoms with Crippen molar-refractivity contribution in [1.82, 2.24) is 9.80 Å². The largest absolute Gasteiger partial charge is 0.370 e. The molecule has 182 valence electrons. The van der Waals surface area contributed by atoms with E-state index in [-0.39, 0.29) is 17.8 Å². The molecule has 2 aliphatic heterocycles. The molecular formula is C27H33N7O. The summed E-state index contributed by atoms with van der Waals surface area (Å²) in [5.74, 6) is 0.0667. The second-order valence-electron chi connectivity index (χ2n) is 9.13. The first-order valence-electron chi connectivity index (χ1n) is 11.8. The number of nitrogens with one attached hydrogen (secondary N) is 3. The molecule has 0 aromatic heterocycles. The number of aryl methyl sites for hydroxylation is 2. The van der Waals surface area contributed by atoms with Crippen LogP contribution in [0.4, 0.5) is 5.69 Å². The zero-order valence-electron chi connectivity index (χ0n) is 20.3. The summed E-state index contributed by atoms with van der Waals surface area (Å²) in [5.41, 5.74) is 19.5. The van der Waals surface area contributed by atoms with E-state index in [1.165, 1.54) is 11.1 Å². The van der Waals surface area contributed by atoms with Crippen LogP contribution in [0.3, 0.4) is 0 Å². The summed E-state index contributed by atoms with van der Waals surface area (Å²) in [6.07, 6.45) is 5.88. The molecule has 0 fully saturated rings. The second kappa shape index (κ2) is 10.0. The molecule has 0 unspecified atom stereocenters. The Bertz CT molecular complexity index is 1240. The van der Waals surface area contributed by atoms with Gasteiger partial charge in [0.05, 0.1) is 0 Å². The van der Waals surface area contributed by atoms with Crippen LogP contribution in [-0.4, -0.2) is 53.8 Å². The molecule has 0 bridgehead atoms. The minimum Gasteiger partial charge on any atom is -0.370 e. The van der Waals surface area contributed by atoms with E-state index in [2.05, 4.69) is 23.5 Å². The van der Waals surface area contributed by atoms with E-state index in [4.69, 9.17) is 22.3 Å². The normalized spacial score (nSPS) is 15.8. The third-order valence-corrected chi connectivity index (χ3v) is 6.76. The van der Waals surface area contributed by atoms with Gasteiger partial charge in [0, 0.05) is 37.4 Å². The molecule has 2 heterocycles. The van der Waals surface area contributed by atoms with Gasteiger partial charge in [-0.3, -0.25) is 15.6 Å². The fourth-order valence-electron chi connectivity index (χ4n) is 4.74. The van der Waals surface area contributed by atoms with Crippen molar-refractivity contribution in [2.75, 3.05) is 31.5 Å². The van der Waals surface area contributed by atoms with Crippen LogP contribution in [-0.2, 0) is 0 Å². The zero-order chi connectivity index (χ0) is 25.1. The Labute approximate surface area is 206 Å². The van der Waals surface area contributed by atoms with Crippen molar-refractivity contribution in [2.24, 2.45) is 11.5 Å². The van der Waals surface area contributed by atoms with Gasteiger partial charge in [-0.1, -0.05) is 24.3 Å². The van der Waals surface area contributed by atoms with Crippen molar-refractivity contribution in [2.45, 2.75) is 26.7 Å². The minimum atomic E-state index is -0.138. The number of anilines is 1. The highest BCUT2D eigenvalue weighted by molar-refractivity contribution is 6.04. The van der Waals surface area contributed by atoms with Crippen molar-refractivity contribution in [3.8, 4) is 0 Å². The van der Waals surface area contributed by atoms with Gasteiger partial charge in [-0.15, -0.1) is 0 Å². The van der Waals surface area contributed by atoms with E-state index in [1.54, 1.807) is 0 Å². The predicted octanol–water partition coefficient (Wildman–Crippen LogP) is 3.52. The number of carbonyl (C=O) groups excluding carboxylic acids is 1. The number of nitrogens with zero attached hydrogens (tertiary/aromatic N) is 2. The van der Waals surface area contributed by atoms with Crippen LogP contribution in [0, 0.1) is 24.7 Å². The minimum absolute atomic E-state index is 0.0994. The van der Waals surface area contributed by atoms with E-state index in [9.17, 15) is 4.79 Å². The van der Waals surface area contributed by atoms with Gasteiger partial charge < -0.3 is 26.6 Å². The van der Waals surface area contributed by atoms with Crippen LogP contribution in [0.2, 0.25) is 0 Å². The summed E-state index contributed by atoms with van der Waals surface area (Å²) in [6.45, 7) is 6.81. The van der Waals surface area contributed by atoms with Crippen molar-refractivity contribution in [1.29, 1.82) is 10.8 Å². The van der Waals surface area contributed by atoms with Crippen LogP contribution < -0.4 is 16.8 Å². The third-order valence-electron chi connectivity index (χ3n) is 6.76.